The first-order valence-corrected chi connectivity index (χ1v) is 13.8. The van der Waals surface area contributed by atoms with Crippen molar-refractivity contribution in [3.8, 4) is 0 Å². The molecule has 5 N–H and O–H groups in total. The second-order valence-corrected chi connectivity index (χ2v) is 11.6. The van der Waals surface area contributed by atoms with Crippen LogP contribution in [0.3, 0.4) is 0 Å². The Bertz CT molecular complexity index is 1410. The Balaban J connectivity index is 1.55. The molecule has 0 radical (unpaired) electrons. The van der Waals surface area contributed by atoms with E-state index in [4.69, 9.17) is 28.3 Å². The Labute approximate surface area is 225 Å². The van der Waals surface area contributed by atoms with Crippen LogP contribution in [0.25, 0.3) is 0 Å². The van der Waals surface area contributed by atoms with E-state index in [1.165, 1.54) is 12.3 Å². The van der Waals surface area contributed by atoms with Gasteiger partial charge in [0.2, 0.25) is 5.78 Å². The van der Waals surface area contributed by atoms with Crippen molar-refractivity contribution in [3.63, 3.8) is 0 Å². The number of benzene rings is 1. The van der Waals surface area contributed by atoms with Crippen LogP contribution in [0.1, 0.15) is 38.9 Å². The van der Waals surface area contributed by atoms with Crippen LogP contribution >= 0.6 is 34.5 Å². The third-order valence-corrected chi connectivity index (χ3v) is 8.10. The molecule has 0 bridgehead atoms. The van der Waals surface area contributed by atoms with Gasteiger partial charge >= 0.3 is 10.3 Å². The van der Waals surface area contributed by atoms with E-state index < -0.39 is 53.0 Å². The molecule has 1 fully saturated rings. The predicted octanol–water partition coefficient (Wildman–Crippen LogP) is 2.88. The van der Waals surface area contributed by atoms with Crippen LogP contribution in [-0.2, 0) is 14.5 Å². The van der Waals surface area contributed by atoms with Gasteiger partial charge in [-0.25, -0.2) is 19.5 Å². The highest BCUT2D eigenvalue weighted by molar-refractivity contribution is 7.84. The summed E-state index contributed by atoms with van der Waals surface area (Å²) in [7, 11) is -4.26. The van der Waals surface area contributed by atoms with Gasteiger partial charge in [0.05, 0.1) is 33.5 Å². The van der Waals surface area contributed by atoms with E-state index in [9.17, 15) is 27.8 Å². The molecule has 0 saturated heterocycles. The molecule has 10 nitrogen and oxygen atoms in total. The van der Waals surface area contributed by atoms with Crippen molar-refractivity contribution in [3.05, 3.63) is 73.8 Å². The molecule has 2 heterocycles. The molecule has 198 valence electrons. The molecular weight excluding hydrogens is 570 g/mol. The van der Waals surface area contributed by atoms with Gasteiger partial charge in [-0.1, -0.05) is 41.4 Å². The van der Waals surface area contributed by atoms with Gasteiger partial charge < -0.3 is 15.5 Å². The zero-order valence-corrected chi connectivity index (χ0v) is 21.9. The predicted molar refractivity (Wildman–Crippen MR) is 136 cm³/mol. The van der Waals surface area contributed by atoms with Crippen molar-refractivity contribution in [1.29, 1.82) is 0 Å². The Kier molecular flexibility index (Phi) is 8.45. The highest BCUT2D eigenvalue weighted by Gasteiger charge is 2.44. The van der Waals surface area contributed by atoms with Gasteiger partial charge in [0.1, 0.15) is 24.4 Å². The SMILES string of the molecule is NS(=O)(=O)OC[C@H]1C[C@@H](Nc2ncncc2C(=O)c2cc(C(O)c3ccccc3Cl)c(Cl)s2)[C@@H](F)[C@@H]1O. The number of aliphatic hydroxyl groups is 2. The summed E-state index contributed by atoms with van der Waals surface area (Å²) < 4.78 is 41.6. The van der Waals surface area contributed by atoms with E-state index in [-0.39, 0.29) is 32.6 Å². The van der Waals surface area contributed by atoms with Gasteiger partial charge in [0, 0.05) is 28.3 Å². The number of nitrogens with two attached hydrogens (primary N) is 1. The van der Waals surface area contributed by atoms with Crippen LogP contribution in [0.5, 0.6) is 0 Å². The number of alkyl halides is 1. The maximum Gasteiger partial charge on any atom is 0.333 e. The van der Waals surface area contributed by atoms with Crippen LogP contribution in [0.15, 0.2) is 42.9 Å². The number of aliphatic hydroxyl groups excluding tert-OH is 2. The lowest BCUT2D eigenvalue weighted by atomic mass is 10.0. The first-order valence-electron chi connectivity index (χ1n) is 10.8. The molecule has 0 aliphatic heterocycles. The summed E-state index contributed by atoms with van der Waals surface area (Å²) in [5.74, 6) is -1.39. The minimum atomic E-state index is -4.26. The number of hydrogen-bond acceptors (Lipinski definition) is 10. The smallest absolute Gasteiger partial charge is 0.333 e. The van der Waals surface area contributed by atoms with Crippen molar-refractivity contribution >= 4 is 56.4 Å². The van der Waals surface area contributed by atoms with Crippen LogP contribution in [0, 0.1) is 5.92 Å². The zero-order chi connectivity index (χ0) is 26.9. The largest absolute Gasteiger partial charge is 0.390 e. The van der Waals surface area contributed by atoms with Crippen LogP contribution in [-0.4, -0.2) is 59.3 Å². The normalized spacial score (nSPS) is 22.6. The number of rotatable bonds is 9. The van der Waals surface area contributed by atoms with E-state index in [0.717, 1.165) is 17.7 Å². The monoisotopic (exact) mass is 590 g/mol. The lowest BCUT2D eigenvalue weighted by molar-refractivity contribution is 0.0501. The van der Waals surface area contributed by atoms with Crippen molar-refractivity contribution < 1.29 is 32.0 Å². The average Bonchev–Trinajstić information content (AvgIpc) is 3.37. The van der Waals surface area contributed by atoms with Gasteiger partial charge in [-0.2, -0.15) is 8.42 Å². The van der Waals surface area contributed by atoms with Gasteiger partial charge in [0.15, 0.2) is 0 Å². The molecule has 0 amide bonds. The fourth-order valence-corrected chi connectivity index (χ4v) is 5.93. The lowest BCUT2D eigenvalue weighted by Gasteiger charge is -2.18. The molecule has 2 aromatic heterocycles. The van der Waals surface area contributed by atoms with Crippen molar-refractivity contribution in [1.82, 2.24) is 9.97 Å². The second-order valence-electron chi connectivity index (χ2n) is 8.34. The lowest BCUT2D eigenvalue weighted by Crippen LogP contribution is -2.33. The summed E-state index contributed by atoms with van der Waals surface area (Å²) in [6.07, 6.45) is -2.12. The Morgan fingerprint density at radius 3 is 2.76 bits per heavy atom. The molecule has 1 saturated carbocycles. The highest BCUT2D eigenvalue weighted by Crippen LogP contribution is 2.39. The standard InChI is InChI=1S/C22H21Cl2FN4O6S2/c23-14-4-2-1-3-11(14)19(31)12-6-16(36-21(12)24)20(32)13-7-27-9-28-22(13)29-15-5-10(18(30)17(15)25)8-35-37(26,33)34/h1-4,6-7,9-10,15,17-19,30-31H,5,8H2,(H2,26,33,34)(H,27,28,29)/t10-,15-,17-,18-,19?/m1/s1. The third kappa shape index (κ3) is 6.26. The number of thiophene rings is 1. The fourth-order valence-electron chi connectivity index (χ4n) is 4.05. The van der Waals surface area contributed by atoms with E-state index in [1.54, 1.807) is 24.3 Å². The number of hydrogen-bond donors (Lipinski definition) is 4. The third-order valence-electron chi connectivity index (χ3n) is 5.91. The number of nitrogens with one attached hydrogen (secondary N) is 1. The summed E-state index contributed by atoms with van der Waals surface area (Å²) >= 11 is 13.5. The molecule has 15 heteroatoms. The van der Waals surface area contributed by atoms with Crippen LogP contribution in [0.2, 0.25) is 9.36 Å². The highest BCUT2D eigenvalue weighted by atomic mass is 35.5. The summed E-state index contributed by atoms with van der Waals surface area (Å²) in [4.78, 5) is 21.4. The molecule has 5 atom stereocenters. The number of aromatic nitrogens is 2. The molecule has 37 heavy (non-hydrogen) atoms. The van der Waals surface area contributed by atoms with Gasteiger partial charge in [-0.15, -0.1) is 11.3 Å². The first-order chi connectivity index (χ1) is 17.5. The van der Waals surface area contributed by atoms with Gasteiger partial charge in [-0.3, -0.25) is 8.98 Å². The average molecular weight is 591 g/mol. The zero-order valence-electron chi connectivity index (χ0n) is 18.8. The van der Waals surface area contributed by atoms with Crippen molar-refractivity contribution in [2.24, 2.45) is 11.1 Å². The summed E-state index contributed by atoms with van der Waals surface area (Å²) in [5.41, 5.74) is 0.711. The molecule has 1 aliphatic rings. The topological polar surface area (TPSA) is 165 Å². The maximum absolute atomic E-state index is 14.8. The van der Waals surface area contributed by atoms with Crippen molar-refractivity contribution in [2.45, 2.75) is 30.8 Å². The molecule has 1 aliphatic carbocycles. The number of halogens is 3. The molecule has 0 spiro atoms. The number of carbonyl (C=O) groups excluding carboxylic acids is 1. The number of ketones is 1. The second kappa shape index (κ2) is 11.3. The number of nitrogens with zero attached hydrogens (tertiary/aromatic N) is 2. The van der Waals surface area contributed by atoms with Crippen molar-refractivity contribution in [2.75, 3.05) is 11.9 Å². The minimum absolute atomic E-state index is 0.00475. The summed E-state index contributed by atoms with van der Waals surface area (Å²) in [5, 5.41) is 28.9. The van der Waals surface area contributed by atoms with Gasteiger partial charge in [0.25, 0.3) is 0 Å². The van der Waals surface area contributed by atoms with E-state index >= 15 is 0 Å². The quantitative estimate of drug-likeness (QED) is 0.274. The van der Waals surface area contributed by atoms with E-state index in [0.29, 0.717) is 10.6 Å². The van der Waals surface area contributed by atoms with E-state index in [1.807, 2.05) is 0 Å². The number of carbonyl (C=O) groups is 1. The van der Waals surface area contributed by atoms with Gasteiger partial charge in [-0.05, 0) is 18.6 Å². The Morgan fingerprint density at radius 2 is 2.05 bits per heavy atom. The maximum atomic E-state index is 14.8. The Morgan fingerprint density at radius 1 is 1.32 bits per heavy atom. The molecule has 4 rings (SSSR count). The number of anilines is 1. The molecule has 3 aromatic rings. The van der Waals surface area contributed by atoms with Crippen LogP contribution < -0.4 is 10.5 Å². The molecular formula is C22H21Cl2FN4O6S2. The molecule has 1 aromatic carbocycles. The first kappa shape index (κ1) is 27.8. The minimum Gasteiger partial charge on any atom is -0.390 e. The summed E-state index contributed by atoms with van der Waals surface area (Å²) in [6.45, 7) is -0.502. The molecule has 1 unspecified atom stereocenters. The van der Waals surface area contributed by atoms with Crippen LogP contribution in [0.4, 0.5) is 10.2 Å². The Hall–Kier alpha value is -2.23. The summed E-state index contributed by atoms with van der Waals surface area (Å²) in [6, 6.07) is 7.12. The fraction of sp³-hybridized carbons (Fsp3) is 0.318. The van der Waals surface area contributed by atoms with E-state index in [2.05, 4.69) is 19.5 Å².